The summed E-state index contributed by atoms with van der Waals surface area (Å²) in [4.78, 5) is 14.0. The molecule has 2 amide bonds. The standard InChI is InChI=1S/C17H20FN3O/c1-21(2)12-14-6-4-3-5-13(14)11-19-17(22)20-16-9-7-15(18)8-10-16/h3-10H,11-12H2,1-2H3,(H2,19,20,22). The summed E-state index contributed by atoms with van der Waals surface area (Å²) in [5.41, 5.74) is 2.81. The number of nitrogens with one attached hydrogen (secondary N) is 2. The smallest absolute Gasteiger partial charge is 0.319 e. The van der Waals surface area contributed by atoms with Crippen LogP contribution in [0.15, 0.2) is 48.5 Å². The lowest BCUT2D eigenvalue weighted by atomic mass is 10.1. The molecule has 0 saturated carbocycles. The first-order valence-corrected chi connectivity index (χ1v) is 7.06. The number of carbonyl (C=O) groups is 1. The van der Waals surface area contributed by atoms with Crippen LogP contribution in [0.25, 0.3) is 0 Å². The first-order valence-electron chi connectivity index (χ1n) is 7.06. The van der Waals surface area contributed by atoms with Gasteiger partial charge in [0, 0.05) is 18.8 Å². The van der Waals surface area contributed by atoms with Gasteiger partial charge in [0.15, 0.2) is 0 Å². The molecule has 2 aromatic carbocycles. The fourth-order valence-electron chi connectivity index (χ4n) is 2.11. The molecule has 22 heavy (non-hydrogen) atoms. The van der Waals surface area contributed by atoms with Crippen LogP contribution >= 0.6 is 0 Å². The summed E-state index contributed by atoms with van der Waals surface area (Å²) in [6.07, 6.45) is 0. The number of nitrogens with zero attached hydrogens (tertiary/aromatic N) is 1. The van der Waals surface area contributed by atoms with Gasteiger partial charge in [0.25, 0.3) is 0 Å². The predicted molar refractivity (Wildman–Crippen MR) is 86.1 cm³/mol. The average molecular weight is 301 g/mol. The van der Waals surface area contributed by atoms with E-state index >= 15 is 0 Å². The zero-order chi connectivity index (χ0) is 15.9. The van der Waals surface area contributed by atoms with Crippen molar-refractivity contribution < 1.29 is 9.18 Å². The molecule has 0 atom stereocenters. The number of amides is 2. The zero-order valence-corrected chi connectivity index (χ0v) is 12.8. The molecule has 0 aliphatic heterocycles. The van der Waals surface area contributed by atoms with Crippen molar-refractivity contribution in [2.24, 2.45) is 0 Å². The minimum atomic E-state index is -0.330. The summed E-state index contributed by atoms with van der Waals surface area (Å²) < 4.78 is 12.8. The van der Waals surface area contributed by atoms with Crippen LogP contribution in [0, 0.1) is 5.82 Å². The van der Waals surface area contributed by atoms with Crippen LogP contribution in [-0.4, -0.2) is 25.0 Å². The van der Waals surface area contributed by atoms with Gasteiger partial charge in [-0.2, -0.15) is 0 Å². The lowest BCUT2D eigenvalue weighted by molar-refractivity contribution is 0.251. The SMILES string of the molecule is CN(C)Cc1ccccc1CNC(=O)Nc1ccc(F)cc1. The fourth-order valence-corrected chi connectivity index (χ4v) is 2.11. The first-order chi connectivity index (χ1) is 10.5. The van der Waals surface area contributed by atoms with Gasteiger partial charge in [-0.15, -0.1) is 0 Å². The number of hydrogen-bond donors (Lipinski definition) is 2. The third kappa shape index (κ3) is 4.86. The molecule has 2 rings (SSSR count). The van der Waals surface area contributed by atoms with Gasteiger partial charge in [-0.3, -0.25) is 0 Å². The van der Waals surface area contributed by atoms with Crippen molar-refractivity contribution >= 4 is 11.7 Å². The maximum absolute atomic E-state index is 12.8. The Kier molecular flexibility index (Phi) is 5.49. The lowest BCUT2D eigenvalue weighted by Gasteiger charge is -2.15. The van der Waals surface area contributed by atoms with Gasteiger partial charge in [-0.25, -0.2) is 9.18 Å². The summed E-state index contributed by atoms with van der Waals surface area (Å²) in [6.45, 7) is 1.26. The highest BCUT2D eigenvalue weighted by atomic mass is 19.1. The van der Waals surface area contributed by atoms with Crippen LogP contribution in [0.3, 0.4) is 0 Å². The number of benzene rings is 2. The van der Waals surface area contributed by atoms with Crippen molar-refractivity contribution in [2.75, 3.05) is 19.4 Å². The number of urea groups is 1. The molecule has 0 heterocycles. The van der Waals surface area contributed by atoms with Gasteiger partial charge < -0.3 is 15.5 Å². The second-order valence-electron chi connectivity index (χ2n) is 5.32. The van der Waals surface area contributed by atoms with Crippen LogP contribution in [0.4, 0.5) is 14.9 Å². The third-order valence-corrected chi connectivity index (χ3v) is 3.15. The molecular weight excluding hydrogens is 281 g/mol. The molecule has 0 aromatic heterocycles. The Hall–Kier alpha value is -2.40. The monoisotopic (exact) mass is 301 g/mol. The van der Waals surface area contributed by atoms with Crippen LogP contribution < -0.4 is 10.6 Å². The summed E-state index contributed by atoms with van der Waals surface area (Å²) in [6, 6.07) is 13.3. The molecule has 2 N–H and O–H groups in total. The van der Waals surface area contributed by atoms with E-state index in [4.69, 9.17) is 0 Å². The number of anilines is 1. The molecule has 0 aliphatic carbocycles. The van der Waals surface area contributed by atoms with Crippen molar-refractivity contribution in [3.8, 4) is 0 Å². The predicted octanol–water partition coefficient (Wildman–Crippen LogP) is 3.21. The molecule has 116 valence electrons. The number of rotatable bonds is 5. The maximum Gasteiger partial charge on any atom is 0.319 e. The zero-order valence-electron chi connectivity index (χ0n) is 12.8. The molecule has 0 bridgehead atoms. The van der Waals surface area contributed by atoms with Crippen LogP contribution in [0.5, 0.6) is 0 Å². The van der Waals surface area contributed by atoms with Gasteiger partial charge in [0.2, 0.25) is 0 Å². The van der Waals surface area contributed by atoms with E-state index in [1.807, 2.05) is 32.3 Å². The molecule has 0 unspecified atom stereocenters. The van der Waals surface area contributed by atoms with E-state index in [0.29, 0.717) is 12.2 Å². The second-order valence-corrected chi connectivity index (χ2v) is 5.32. The van der Waals surface area contributed by atoms with Gasteiger partial charge in [0.05, 0.1) is 0 Å². The number of carbonyl (C=O) groups excluding carboxylic acids is 1. The van der Waals surface area contributed by atoms with Crippen molar-refractivity contribution in [3.05, 3.63) is 65.5 Å². The molecule has 5 heteroatoms. The molecule has 0 saturated heterocycles. The Morgan fingerprint density at radius 1 is 1.05 bits per heavy atom. The van der Waals surface area contributed by atoms with Crippen molar-refractivity contribution in [2.45, 2.75) is 13.1 Å². The van der Waals surface area contributed by atoms with E-state index < -0.39 is 0 Å². The first kappa shape index (κ1) is 16.0. The van der Waals surface area contributed by atoms with Crippen molar-refractivity contribution in [1.82, 2.24) is 10.2 Å². The molecule has 4 nitrogen and oxygen atoms in total. The third-order valence-electron chi connectivity index (χ3n) is 3.15. The second kappa shape index (κ2) is 7.56. The summed E-state index contributed by atoms with van der Waals surface area (Å²) in [7, 11) is 4.01. The normalized spacial score (nSPS) is 10.5. The highest BCUT2D eigenvalue weighted by Crippen LogP contribution is 2.11. The Balaban J connectivity index is 1.92. The van der Waals surface area contributed by atoms with E-state index in [1.165, 1.54) is 29.8 Å². The largest absolute Gasteiger partial charge is 0.334 e. The van der Waals surface area contributed by atoms with Crippen molar-refractivity contribution in [3.63, 3.8) is 0 Å². The molecule has 0 spiro atoms. The highest BCUT2D eigenvalue weighted by Gasteiger charge is 2.06. The maximum atomic E-state index is 12.8. The van der Waals surface area contributed by atoms with Gasteiger partial charge in [-0.1, -0.05) is 24.3 Å². The summed E-state index contributed by atoms with van der Waals surface area (Å²) >= 11 is 0. The fraction of sp³-hybridized carbons (Fsp3) is 0.235. The molecular formula is C17H20FN3O. The topological polar surface area (TPSA) is 44.4 Å². The molecule has 0 fully saturated rings. The van der Waals surface area contributed by atoms with Crippen LogP contribution in [-0.2, 0) is 13.1 Å². The summed E-state index contributed by atoms with van der Waals surface area (Å²) in [5, 5.41) is 5.49. The van der Waals surface area contributed by atoms with E-state index in [9.17, 15) is 9.18 Å². The molecule has 0 aliphatic rings. The van der Waals surface area contributed by atoms with E-state index in [0.717, 1.165) is 12.1 Å². The van der Waals surface area contributed by atoms with E-state index in [-0.39, 0.29) is 11.8 Å². The number of hydrogen-bond acceptors (Lipinski definition) is 2. The Labute approximate surface area is 129 Å². The van der Waals surface area contributed by atoms with E-state index in [1.54, 1.807) is 0 Å². The van der Waals surface area contributed by atoms with E-state index in [2.05, 4.69) is 21.6 Å². The van der Waals surface area contributed by atoms with Crippen LogP contribution in [0.1, 0.15) is 11.1 Å². The Bertz CT molecular complexity index is 626. The minimum absolute atomic E-state index is 0.314. The average Bonchev–Trinajstić information content (AvgIpc) is 2.48. The Morgan fingerprint density at radius 3 is 2.32 bits per heavy atom. The molecule has 0 radical (unpaired) electrons. The number of halogens is 1. The highest BCUT2D eigenvalue weighted by molar-refractivity contribution is 5.89. The Morgan fingerprint density at radius 2 is 1.68 bits per heavy atom. The van der Waals surface area contributed by atoms with Gasteiger partial charge in [-0.05, 0) is 49.5 Å². The van der Waals surface area contributed by atoms with Gasteiger partial charge >= 0.3 is 6.03 Å². The quantitative estimate of drug-likeness (QED) is 0.890. The van der Waals surface area contributed by atoms with Gasteiger partial charge in [0.1, 0.15) is 5.82 Å². The summed E-state index contributed by atoms with van der Waals surface area (Å²) in [5.74, 6) is -0.330. The minimum Gasteiger partial charge on any atom is -0.334 e. The molecule has 2 aromatic rings. The van der Waals surface area contributed by atoms with Crippen LogP contribution in [0.2, 0.25) is 0 Å². The van der Waals surface area contributed by atoms with Crippen molar-refractivity contribution in [1.29, 1.82) is 0 Å². The lowest BCUT2D eigenvalue weighted by Crippen LogP contribution is -2.28.